The fourth-order valence-corrected chi connectivity index (χ4v) is 4.70. The van der Waals surface area contributed by atoms with E-state index in [1.807, 2.05) is 6.07 Å². The van der Waals surface area contributed by atoms with Gasteiger partial charge in [-0.1, -0.05) is 19.8 Å². The van der Waals surface area contributed by atoms with E-state index in [9.17, 15) is 4.79 Å². The Hall–Kier alpha value is -1.14. The monoisotopic (exact) mass is 337 g/mol. The maximum Gasteiger partial charge on any atom is 0.279 e. The van der Waals surface area contributed by atoms with Crippen LogP contribution in [0.3, 0.4) is 0 Å². The van der Waals surface area contributed by atoms with E-state index in [4.69, 9.17) is 12.2 Å². The van der Waals surface area contributed by atoms with Crippen LogP contribution in [-0.2, 0) is 12.8 Å². The molecule has 0 spiro atoms. The lowest BCUT2D eigenvalue weighted by atomic mass is 9.86. The minimum absolute atomic E-state index is 0.0970. The molecule has 2 aliphatic carbocycles. The van der Waals surface area contributed by atoms with Crippen molar-refractivity contribution in [1.29, 1.82) is 0 Å². The summed E-state index contributed by atoms with van der Waals surface area (Å²) in [5.74, 6) is 0.532. The summed E-state index contributed by atoms with van der Waals surface area (Å²) >= 11 is 6.89. The largest absolute Gasteiger partial charge is 0.358 e. The van der Waals surface area contributed by atoms with Gasteiger partial charge in [0.25, 0.3) is 5.91 Å². The van der Waals surface area contributed by atoms with Crippen molar-refractivity contribution in [3.63, 3.8) is 0 Å². The Labute approximate surface area is 141 Å². The Morgan fingerprint density at radius 2 is 2.05 bits per heavy atom. The van der Waals surface area contributed by atoms with Crippen molar-refractivity contribution in [3.8, 4) is 0 Å². The molecule has 1 amide bonds. The average molecular weight is 338 g/mol. The van der Waals surface area contributed by atoms with Crippen molar-refractivity contribution >= 4 is 34.6 Å². The number of amides is 1. The molecule has 0 aromatic carbocycles. The fourth-order valence-electron chi connectivity index (χ4n) is 3.35. The van der Waals surface area contributed by atoms with E-state index in [1.165, 1.54) is 36.1 Å². The maximum atomic E-state index is 12.2. The molecular weight excluding hydrogens is 314 g/mol. The van der Waals surface area contributed by atoms with Crippen LogP contribution < -0.4 is 16.2 Å². The molecule has 0 saturated heterocycles. The van der Waals surface area contributed by atoms with E-state index >= 15 is 0 Å². The third-order valence-corrected chi connectivity index (χ3v) is 6.14. The molecule has 0 unspecified atom stereocenters. The van der Waals surface area contributed by atoms with E-state index in [1.54, 1.807) is 11.3 Å². The van der Waals surface area contributed by atoms with Gasteiger partial charge in [0.15, 0.2) is 5.11 Å². The molecule has 6 heteroatoms. The highest BCUT2D eigenvalue weighted by Crippen LogP contribution is 2.30. The highest BCUT2D eigenvalue weighted by Gasteiger charge is 2.22. The number of aryl methyl sites for hydroxylation is 2. The van der Waals surface area contributed by atoms with Gasteiger partial charge in [-0.3, -0.25) is 15.6 Å². The summed E-state index contributed by atoms with van der Waals surface area (Å²) in [5.41, 5.74) is 6.89. The van der Waals surface area contributed by atoms with E-state index in [2.05, 4.69) is 23.1 Å². The molecule has 2 atom stereocenters. The first-order valence-corrected chi connectivity index (χ1v) is 9.34. The number of rotatable bonds is 2. The number of hydrazine groups is 1. The number of hydrogen-bond donors (Lipinski definition) is 3. The van der Waals surface area contributed by atoms with Crippen LogP contribution in [0.15, 0.2) is 6.07 Å². The van der Waals surface area contributed by atoms with Crippen LogP contribution in [0.25, 0.3) is 0 Å². The molecule has 4 nitrogen and oxygen atoms in total. The SMILES string of the molecule is C[C@H]1CCCC[C@@H]1NC(=S)NNC(=O)c1cc2c(s1)CCC2. The second kappa shape index (κ2) is 6.96. The summed E-state index contributed by atoms with van der Waals surface area (Å²) in [6, 6.07) is 2.43. The Balaban J connectivity index is 1.46. The number of carbonyl (C=O) groups excluding carboxylic acids is 1. The van der Waals surface area contributed by atoms with Gasteiger partial charge in [-0.2, -0.15) is 0 Å². The van der Waals surface area contributed by atoms with Crippen molar-refractivity contribution in [2.45, 2.75) is 57.9 Å². The first-order valence-electron chi connectivity index (χ1n) is 8.12. The van der Waals surface area contributed by atoms with Gasteiger partial charge in [0.2, 0.25) is 0 Å². The molecule has 3 rings (SSSR count). The number of nitrogens with one attached hydrogen (secondary N) is 3. The highest BCUT2D eigenvalue weighted by molar-refractivity contribution is 7.80. The lowest BCUT2D eigenvalue weighted by Gasteiger charge is -2.30. The van der Waals surface area contributed by atoms with Crippen molar-refractivity contribution in [1.82, 2.24) is 16.2 Å². The van der Waals surface area contributed by atoms with Crippen molar-refractivity contribution in [2.24, 2.45) is 5.92 Å². The van der Waals surface area contributed by atoms with Crippen LogP contribution in [0.2, 0.25) is 0 Å². The van der Waals surface area contributed by atoms with Gasteiger partial charge in [-0.05, 0) is 61.9 Å². The molecule has 1 aromatic heterocycles. The highest BCUT2D eigenvalue weighted by atomic mass is 32.1. The third-order valence-electron chi connectivity index (χ3n) is 4.69. The van der Waals surface area contributed by atoms with Crippen molar-refractivity contribution < 1.29 is 4.79 Å². The summed E-state index contributed by atoms with van der Waals surface area (Å²) in [4.78, 5) is 14.3. The number of thiophene rings is 1. The van der Waals surface area contributed by atoms with Gasteiger partial charge in [0, 0.05) is 10.9 Å². The van der Waals surface area contributed by atoms with Crippen LogP contribution in [0.5, 0.6) is 0 Å². The fraction of sp³-hybridized carbons (Fsp3) is 0.625. The standard InChI is InChI=1S/C16H23N3OS2/c1-10-5-2-3-7-12(10)17-16(21)19-18-15(20)14-9-11-6-4-8-13(11)22-14/h9-10,12H,2-8H2,1H3,(H,18,20)(H2,17,19,21)/t10-,12-/m0/s1. The molecule has 2 aliphatic rings. The number of fused-ring (bicyclic) bond motifs is 1. The zero-order valence-corrected chi connectivity index (χ0v) is 14.5. The Bertz CT molecular complexity index is 548. The number of carbonyl (C=O) groups is 1. The molecule has 1 heterocycles. The summed E-state index contributed by atoms with van der Waals surface area (Å²) in [7, 11) is 0. The molecule has 120 valence electrons. The minimum Gasteiger partial charge on any atom is -0.358 e. The molecule has 0 radical (unpaired) electrons. The zero-order valence-electron chi connectivity index (χ0n) is 12.9. The summed E-state index contributed by atoms with van der Waals surface area (Å²) in [5, 5.41) is 3.83. The molecule has 1 fully saturated rings. The molecule has 1 saturated carbocycles. The van der Waals surface area contributed by atoms with Crippen LogP contribution in [0.4, 0.5) is 0 Å². The summed E-state index contributed by atoms with van der Waals surface area (Å²) < 4.78 is 0. The summed E-state index contributed by atoms with van der Waals surface area (Å²) in [6.45, 7) is 2.26. The first kappa shape index (κ1) is 15.7. The van der Waals surface area contributed by atoms with E-state index in [0.29, 0.717) is 17.1 Å². The normalized spacial score (nSPS) is 23.7. The Morgan fingerprint density at radius 3 is 2.82 bits per heavy atom. The smallest absolute Gasteiger partial charge is 0.279 e. The maximum absolute atomic E-state index is 12.2. The average Bonchev–Trinajstić information content (AvgIpc) is 3.08. The predicted molar refractivity (Wildman–Crippen MR) is 94.1 cm³/mol. The second-order valence-corrected chi connectivity index (χ2v) is 7.88. The van der Waals surface area contributed by atoms with Gasteiger partial charge >= 0.3 is 0 Å². The van der Waals surface area contributed by atoms with Gasteiger partial charge in [-0.15, -0.1) is 11.3 Å². The van der Waals surface area contributed by atoms with E-state index in [0.717, 1.165) is 24.1 Å². The van der Waals surface area contributed by atoms with Gasteiger partial charge in [-0.25, -0.2) is 0 Å². The molecule has 3 N–H and O–H groups in total. The lowest BCUT2D eigenvalue weighted by molar-refractivity contribution is 0.0947. The van der Waals surface area contributed by atoms with Gasteiger partial charge in [0.1, 0.15) is 0 Å². The van der Waals surface area contributed by atoms with E-state index < -0.39 is 0 Å². The molecule has 22 heavy (non-hydrogen) atoms. The number of thiocarbonyl (C=S) groups is 1. The van der Waals surface area contributed by atoms with Crippen LogP contribution in [0.1, 0.15) is 59.1 Å². The molecule has 1 aromatic rings. The minimum atomic E-state index is -0.0970. The molecule has 0 bridgehead atoms. The van der Waals surface area contributed by atoms with Crippen LogP contribution >= 0.6 is 23.6 Å². The van der Waals surface area contributed by atoms with Crippen molar-refractivity contribution in [2.75, 3.05) is 0 Å². The topological polar surface area (TPSA) is 53.2 Å². The zero-order chi connectivity index (χ0) is 15.5. The van der Waals surface area contributed by atoms with Gasteiger partial charge < -0.3 is 5.32 Å². The molecule has 0 aliphatic heterocycles. The second-order valence-electron chi connectivity index (χ2n) is 6.33. The van der Waals surface area contributed by atoms with Crippen LogP contribution in [0, 0.1) is 5.92 Å². The van der Waals surface area contributed by atoms with Crippen LogP contribution in [-0.4, -0.2) is 17.1 Å². The lowest BCUT2D eigenvalue weighted by Crippen LogP contribution is -2.51. The predicted octanol–water partition coefficient (Wildman–Crippen LogP) is 2.92. The van der Waals surface area contributed by atoms with E-state index in [-0.39, 0.29) is 5.91 Å². The molecular formula is C16H23N3OS2. The number of hydrogen-bond acceptors (Lipinski definition) is 3. The van der Waals surface area contributed by atoms with Gasteiger partial charge in [0.05, 0.1) is 4.88 Å². The Morgan fingerprint density at radius 1 is 1.23 bits per heavy atom. The first-order chi connectivity index (χ1) is 10.6. The Kier molecular flexibility index (Phi) is 4.98. The van der Waals surface area contributed by atoms with Crippen molar-refractivity contribution in [3.05, 3.63) is 21.4 Å². The summed E-state index contributed by atoms with van der Waals surface area (Å²) in [6.07, 6.45) is 8.38. The quantitative estimate of drug-likeness (QED) is 0.574. The third kappa shape index (κ3) is 3.60.